The number of benzene rings is 1. The molecule has 0 atom stereocenters. The van der Waals surface area contributed by atoms with E-state index in [1.165, 1.54) is 13.2 Å². The van der Waals surface area contributed by atoms with E-state index < -0.39 is 16.0 Å². The SMILES string of the molecule is CCN(CC(=O)OC)S(=O)(=O)c1cc(N)cc(C)c1C. The molecule has 20 heavy (non-hydrogen) atoms. The second-order valence-electron chi connectivity index (χ2n) is 4.47. The molecule has 0 saturated heterocycles. The molecule has 0 saturated carbocycles. The number of sulfonamides is 1. The van der Waals surface area contributed by atoms with E-state index in [9.17, 15) is 13.2 Å². The molecule has 0 aromatic heterocycles. The summed E-state index contributed by atoms with van der Waals surface area (Å²) in [7, 11) is -2.56. The molecule has 0 heterocycles. The molecule has 1 aromatic rings. The van der Waals surface area contributed by atoms with Gasteiger partial charge in [0.1, 0.15) is 6.54 Å². The Balaban J connectivity index is 3.31. The van der Waals surface area contributed by atoms with Gasteiger partial charge in [-0.05, 0) is 37.1 Å². The lowest BCUT2D eigenvalue weighted by Gasteiger charge is -2.21. The first-order valence-electron chi connectivity index (χ1n) is 6.17. The quantitative estimate of drug-likeness (QED) is 0.649. The Kier molecular flexibility index (Phi) is 5.13. The lowest BCUT2D eigenvalue weighted by atomic mass is 10.1. The van der Waals surface area contributed by atoms with Crippen molar-refractivity contribution >= 4 is 21.7 Å². The minimum atomic E-state index is -3.78. The predicted molar refractivity (Wildman–Crippen MR) is 76.8 cm³/mol. The van der Waals surface area contributed by atoms with Crippen molar-refractivity contribution in [2.45, 2.75) is 25.7 Å². The molecule has 0 spiro atoms. The van der Waals surface area contributed by atoms with Crippen LogP contribution in [0.1, 0.15) is 18.1 Å². The summed E-state index contributed by atoms with van der Waals surface area (Å²) in [6.45, 7) is 5.03. The molecule has 2 N–H and O–H groups in total. The number of likely N-dealkylation sites (N-methyl/N-ethyl adjacent to an activating group) is 1. The smallest absolute Gasteiger partial charge is 0.321 e. The summed E-state index contributed by atoms with van der Waals surface area (Å²) in [5.41, 5.74) is 7.51. The number of rotatable bonds is 5. The van der Waals surface area contributed by atoms with E-state index in [-0.39, 0.29) is 18.0 Å². The zero-order valence-corrected chi connectivity index (χ0v) is 13.0. The van der Waals surface area contributed by atoms with Gasteiger partial charge in [0.2, 0.25) is 10.0 Å². The van der Waals surface area contributed by atoms with Crippen molar-refractivity contribution in [2.24, 2.45) is 0 Å². The van der Waals surface area contributed by atoms with E-state index in [1.807, 2.05) is 0 Å². The molecule has 6 nitrogen and oxygen atoms in total. The van der Waals surface area contributed by atoms with Crippen LogP contribution >= 0.6 is 0 Å². The van der Waals surface area contributed by atoms with Crippen molar-refractivity contribution in [1.29, 1.82) is 0 Å². The molecule has 7 heteroatoms. The van der Waals surface area contributed by atoms with Gasteiger partial charge in [0.15, 0.2) is 0 Å². The number of hydrogen-bond acceptors (Lipinski definition) is 5. The molecule has 0 aliphatic rings. The number of carbonyl (C=O) groups is 1. The summed E-state index contributed by atoms with van der Waals surface area (Å²) < 4.78 is 30.8. The second kappa shape index (κ2) is 6.23. The first-order valence-corrected chi connectivity index (χ1v) is 7.61. The Hall–Kier alpha value is -1.60. The van der Waals surface area contributed by atoms with E-state index in [4.69, 9.17) is 5.73 Å². The molecule has 0 unspecified atom stereocenters. The van der Waals surface area contributed by atoms with E-state index >= 15 is 0 Å². The number of methoxy groups -OCH3 is 1. The third-order valence-corrected chi connectivity index (χ3v) is 5.19. The standard InChI is InChI=1S/C13H20N2O4S/c1-5-15(8-13(16)19-4)20(17,18)12-7-11(14)6-9(2)10(12)3/h6-7H,5,8,14H2,1-4H3. The fourth-order valence-electron chi connectivity index (χ4n) is 1.84. The van der Waals surface area contributed by atoms with Crippen LogP contribution in [0.3, 0.4) is 0 Å². The zero-order chi connectivity index (χ0) is 15.5. The number of carbonyl (C=O) groups excluding carboxylic acids is 1. The number of hydrogen-bond donors (Lipinski definition) is 1. The summed E-state index contributed by atoms with van der Waals surface area (Å²) in [5.74, 6) is -0.603. The molecule has 1 rings (SSSR count). The maximum Gasteiger partial charge on any atom is 0.321 e. The molecule has 0 radical (unpaired) electrons. The number of nitrogen functional groups attached to an aromatic ring is 1. The zero-order valence-electron chi connectivity index (χ0n) is 12.1. The second-order valence-corrected chi connectivity index (χ2v) is 6.37. The lowest BCUT2D eigenvalue weighted by Crippen LogP contribution is -2.36. The van der Waals surface area contributed by atoms with Crippen molar-refractivity contribution in [1.82, 2.24) is 4.31 Å². The Morgan fingerprint density at radius 2 is 1.95 bits per heavy atom. The van der Waals surface area contributed by atoms with Gasteiger partial charge in [-0.25, -0.2) is 8.42 Å². The van der Waals surface area contributed by atoms with Crippen LogP contribution in [-0.4, -0.2) is 38.9 Å². The summed E-state index contributed by atoms with van der Waals surface area (Å²) in [6.07, 6.45) is 0. The first kappa shape index (κ1) is 16.5. The molecule has 0 aliphatic carbocycles. The van der Waals surface area contributed by atoms with Crippen molar-refractivity contribution in [2.75, 3.05) is 25.9 Å². The maximum atomic E-state index is 12.6. The van der Waals surface area contributed by atoms with Crippen LogP contribution < -0.4 is 5.73 Å². The summed E-state index contributed by atoms with van der Waals surface area (Å²) >= 11 is 0. The molecule has 0 amide bonds. The molecule has 112 valence electrons. The largest absolute Gasteiger partial charge is 0.468 e. The van der Waals surface area contributed by atoms with Crippen molar-refractivity contribution in [3.63, 3.8) is 0 Å². The van der Waals surface area contributed by atoms with Gasteiger partial charge in [0.25, 0.3) is 0 Å². The van der Waals surface area contributed by atoms with E-state index in [0.717, 1.165) is 9.87 Å². The minimum absolute atomic E-state index is 0.126. The Morgan fingerprint density at radius 3 is 2.45 bits per heavy atom. The van der Waals surface area contributed by atoms with Gasteiger partial charge in [-0.15, -0.1) is 0 Å². The van der Waals surface area contributed by atoms with Crippen LogP contribution in [0, 0.1) is 13.8 Å². The summed E-state index contributed by atoms with van der Waals surface area (Å²) in [5, 5.41) is 0. The molecular formula is C13H20N2O4S. The number of aryl methyl sites for hydroxylation is 1. The molecule has 0 fully saturated rings. The van der Waals surface area contributed by atoms with Crippen LogP contribution in [0.2, 0.25) is 0 Å². The Bertz CT molecular complexity index is 611. The van der Waals surface area contributed by atoms with Crippen LogP contribution in [-0.2, 0) is 19.6 Å². The number of nitrogens with zero attached hydrogens (tertiary/aromatic N) is 1. The van der Waals surface area contributed by atoms with Gasteiger partial charge in [-0.3, -0.25) is 4.79 Å². The highest BCUT2D eigenvalue weighted by molar-refractivity contribution is 7.89. The highest BCUT2D eigenvalue weighted by atomic mass is 32.2. The summed E-state index contributed by atoms with van der Waals surface area (Å²) in [6, 6.07) is 3.13. The Labute approximate surface area is 119 Å². The topological polar surface area (TPSA) is 89.7 Å². The first-order chi connectivity index (χ1) is 9.23. The van der Waals surface area contributed by atoms with Crippen LogP contribution in [0.5, 0.6) is 0 Å². The third-order valence-electron chi connectivity index (χ3n) is 3.15. The van der Waals surface area contributed by atoms with Crippen LogP contribution in [0.25, 0.3) is 0 Å². The number of anilines is 1. The van der Waals surface area contributed by atoms with Crippen LogP contribution in [0.15, 0.2) is 17.0 Å². The highest BCUT2D eigenvalue weighted by Gasteiger charge is 2.27. The fraction of sp³-hybridized carbons (Fsp3) is 0.462. The van der Waals surface area contributed by atoms with Crippen LogP contribution in [0.4, 0.5) is 5.69 Å². The minimum Gasteiger partial charge on any atom is -0.468 e. The van der Waals surface area contributed by atoms with Gasteiger partial charge >= 0.3 is 5.97 Å². The summed E-state index contributed by atoms with van der Waals surface area (Å²) in [4.78, 5) is 11.5. The van der Waals surface area contributed by atoms with E-state index in [0.29, 0.717) is 11.3 Å². The lowest BCUT2D eigenvalue weighted by molar-refractivity contribution is -0.140. The van der Waals surface area contributed by atoms with Gasteiger partial charge in [-0.1, -0.05) is 6.92 Å². The normalized spacial score (nSPS) is 11.7. The number of ether oxygens (including phenoxy) is 1. The average Bonchev–Trinajstić information content (AvgIpc) is 2.39. The fourth-order valence-corrected chi connectivity index (χ4v) is 3.56. The predicted octanol–water partition coefficient (Wildman–Crippen LogP) is 1.07. The van der Waals surface area contributed by atoms with Crippen molar-refractivity contribution in [3.8, 4) is 0 Å². The van der Waals surface area contributed by atoms with E-state index in [2.05, 4.69) is 4.74 Å². The average molecular weight is 300 g/mol. The van der Waals surface area contributed by atoms with Gasteiger partial charge < -0.3 is 10.5 Å². The van der Waals surface area contributed by atoms with Crippen molar-refractivity contribution < 1.29 is 17.9 Å². The van der Waals surface area contributed by atoms with Gasteiger partial charge in [-0.2, -0.15) is 4.31 Å². The molecule has 0 aliphatic heterocycles. The Morgan fingerprint density at radius 1 is 1.35 bits per heavy atom. The van der Waals surface area contributed by atoms with E-state index in [1.54, 1.807) is 26.8 Å². The monoisotopic (exact) mass is 300 g/mol. The van der Waals surface area contributed by atoms with Gasteiger partial charge in [0, 0.05) is 12.2 Å². The maximum absolute atomic E-state index is 12.6. The molecule has 1 aromatic carbocycles. The highest BCUT2D eigenvalue weighted by Crippen LogP contribution is 2.25. The third kappa shape index (κ3) is 3.29. The molecular weight excluding hydrogens is 280 g/mol. The number of esters is 1. The van der Waals surface area contributed by atoms with Gasteiger partial charge in [0.05, 0.1) is 12.0 Å². The number of nitrogens with two attached hydrogens (primary N) is 1. The molecule has 0 bridgehead atoms. The van der Waals surface area contributed by atoms with Crippen molar-refractivity contribution in [3.05, 3.63) is 23.3 Å².